The molecule has 2 aromatic carbocycles. The van der Waals surface area contributed by atoms with Crippen molar-refractivity contribution < 1.29 is 9.18 Å². The fraction of sp³-hybridized carbons (Fsp3) is 0.200. The summed E-state index contributed by atoms with van der Waals surface area (Å²) in [7, 11) is 1.83. The highest BCUT2D eigenvalue weighted by molar-refractivity contribution is 6.11. The Morgan fingerprint density at radius 3 is 2.64 bits per heavy atom. The van der Waals surface area contributed by atoms with Crippen LogP contribution in [-0.2, 0) is 0 Å². The Labute approximate surface area is 146 Å². The van der Waals surface area contributed by atoms with E-state index in [9.17, 15) is 9.18 Å². The molecule has 0 atom stereocenters. The van der Waals surface area contributed by atoms with Gasteiger partial charge in [0.15, 0.2) is 0 Å². The van der Waals surface area contributed by atoms with Gasteiger partial charge in [0, 0.05) is 30.4 Å². The van der Waals surface area contributed by atoms with Crippen molar-refractivity contribution in [1.29, 1.82) is 0 Å². The number of carbonyl (C=O) groups is 1. The molecule has 0 fully saturated rings. The van der Waals surface area contributed by atoms with Gasteiger partial charge in [0.2, 0.25) is 0 Å². The van der Waals surface area contributed by atoms with E-state index >= 15 is 0 Å². The summed E-state index contributed by atoms with van der Waals surface area (Å²) in [5.74, 6) is -0.735. The van der Waals surface area contributed by atoms with E-state index in [1.165, 1.54) is 6.07 Å². The van der Waals surface area contributed by atoms with Crippen LogP contribution in [0, 0.1) is 5.82 Å². The minimum absolute atomic E-state index is 0.176. The number of amides is 1. The van der Waals surface area contributed by atoms with Crippen LogP contribution < -0.4 is 10.2 Å². The zero-order valence-corrected chi connectivity index (χ0v) is 14.5. The molecular formula is C20H20FN3O. The molecule has 1 amide bonds. The van der Waals surface area contributed by atoms with Crippen LogP contribution in [0.1, 0.15) is 24.3 Å². The topological polar surface area (TPSA) is 45.2 Å². The number of hydrogen-bond donors (Lipinski definition) is 1. The van der Waals surface area contributed by atoms with Gasteiger partial charge in [0.05, 0.1) is 5.69 Å². The summed E-state index contributed by atoms with van der Waals surface area (Å²) in [5, 5.41) is 4.42. The molecule has 0 saturated carbocycles. The predicted molar refractivity (Wildman–Crippen MR) is 99.6 cm³/mol. The predicted octanol–water partition coefficient (Wildman–Crippen LogP) is 4.47. The van der Waals surface area contributed by atoms with Gasteiger partial charge in [-0.25, -0.2) is 4.39 Å². The first-order valence-corrected chi connectivity index (χ1v) is 8.15. The molecule has 0 aliphatic carbocycles. The van der Waals surface area contributed by atoms with Crippen molar-refractivity contribution in [1.82, 2.24) is 4.98 Å². The molecule has 1 N–H and O–H groups in total. The van der Waals surface area contributed by atoms with Crippen LogP contribution in [0.5, 0.6) is 0 Å². The number of fused-ring (bicyclic) bond motifs is 1. The molecule has 3 aromatic rings. The SMILES string of the molecule is CC(C)N(C)c1ccc(NC(=O)c2nccc3ccccc23)cc1F. The number of nitrogens with zero attached hydrogens (tertiary/aromatic N) is 2. The largest absolute Gasteiger partial charge is 0.370 e. The van der Waals surface area contributed by atoms with Crippen LogP contribution in [0.4, 0.5) is 15.8 Å². The summed E-state index contributed by atoms with van der Waals surface area (Å²) < 4.78 is 14.4. The monoisotopic (exact) mass is 337 g/mol. The number of nitrogens with one attached hydrogen (secondary N) is 1. The van der Waals surface area contributed by atoms with Gasteiger partial charge >= 0.3 is 0 Å². The number of hydrogen-bond acceptors (Lipinski definition) is 3. The molecule has 0 bridgehead atoms. The molecule has 0 aliphatic heterocycles. The highest BCUT2D eigenvalue weighted by Crippen LogP contribution is 2.24. The van der Waals surface area contributed by atoms with E-state index in [-0.39, 0.29) is 17.8 Å². The summed E-state index contributed by atoms with van der Waals surface area (Å²) in [4.78, 5) is 18.6. The summed E-state index contributed by atoms with van der Waals surface area (Å²) in [6.07, 6.45) is 1.60. The molecule has 1 aromatic heterocycles. The highest BCUT2D eigenvalue weighted by Gasteiger charge is 2.14. The van der Waals surface area contributed by atoms with Crippen molar-refractivity contribution in [3.63, 3.8) is 0 Å². The Morgan fingerprint density at radius 2 is 1.92 bits per heavy atom. The lowest BCUT2D eigenvalue weighted by atomic mass is 10.1. The van der Waals surface area contributed by atoms with Crippen molar-refractivity contribution in [3.8, 4) is 0 Å². The maximum atomic E-state index is 14.4. The van der Waals surface area contributed by atoms with Gasteiger partial charge in [0.25, 0.3) is 5.91 Å². The molecule has 0 unspecified atom stereocenters. The average Bonchev–Trinajstić information content (AvgIpc) is 2.60. The number of benzene rings is 2. The van der Waals surface area contributed by atoms with Crippen LogP contribution in [0.2, 0.25) is 0 Å². The normalized spacial score (nSPS) is 10.9. The first kappa shape index (κ1) is 16.9. The summed E-state index contributed by atoms with van der Waals surface area (Å²) >= 11 is 0. The molecule has 1 heterocycles. The standard InChI is InChI=1S/C20H20FN3O/c1-13(2)24(3)18-9-8-15(12-17(18)21)23-20(25)19-16-7-5-4-6-14(16)10-11-22-19/h4-13H,1-3H3,(H,23,25). The van der Waals surface area contributed by atoms with Crippen LogP contribution in [0.25, 0.3) is 10.8 Å². The maximum absolute atomic E-state index is 14.4. The maximum Gasteiger partial charge on any atom is 0.274 e. The molecular weight excluding hydrogens is 317 g/mol. The van der Waals surface area contributed by atoms with E-state index in [4.69, 9.17) is 0 Å². The minimum atomic E-state index is -0.375. The van der Waals surface area contributed by atoms with Crippen LogP contribution in [-0.4, -0.2) is 24.0 Å². The minimum Gasteiger partial charge on any atom is -0.370 e. The van der Waals surface area contributed by atoms with E-state index in [2.05, 4.69) is 10.3 Å². The van der Waals surface area contributed by atoms with Gasteiger partial charge in [0.1, 0.15) is 11.5 Å². The number of aromatic nitrogens is 1. The van der Waals surface area contributed by atoms with E-state index in [0.717, 1.165) is 10.8 Å². The second-order valence-corrected chi connectivity index (χ2v) is 6.21. The first-order chi connectivity index (χ1) is 12.0. The Hall–Kier alpha value is -2.95. The van der Waals surface area contributed by atoms with E-state index in [1.807, 2.05) is 56.1 Å². The third-order valence-electron chi connectivity index (χ3n) is 4.25. The molecule has 0 saturated heterocycles. The average molecular weight is 337 g/mol. The summed E-state index contributed by atoms with van der Waals surface area (Å²) in [6, 6.07) is 14.2. The van der Waals surface area contributed by atoms with E-state index < -0.39 is 0 Å². The molecule has 3 rings (SSSR count). The molecule has 128 valence electrons. The second kappa shape index (κ2) is 6.89. The zero-order valence-electron chi connectivity index (χ0n) is 14.5. The molecule has 5 heteroatoms. The number of anilines is 2. The fourth-order valence-corrected chi connectivity index (χ4v) is 2.64. The van der Waals surface area contributed by atoms with Crippen LogP contribution in [0.15, 0.2) is 54.7 Å². The number of rotatable bonds is 4. The van der Waals surface area contributed by atoms with Gasteiger partial charge in [-0.05, 0) is 43.5 Å². The number of carbonyl (C=O) groups excluding carboxylic acids is 1. The van der Waals surface area contributed by atoms with Gasteiger partial charge < -0.3 is 10.2 Å². The smallest absolute Gasteiger partial charge is 0.274 e. The zero-order chi connectivity index (χ0) is 18.0. The third kappa shape index (κ3) is 3.45. The Balaban J connectivity index is 1.87. The summed E-state index contributed by atoms with van der Waals surface area (Å²) in [5.41, 5.74) is 1.22. The highest BCUT2D eigenvalue weighted by atomic mass is 19.1. The van der Waals surface area contributed by atoms with Crippen LogP contribution >= 0.6 is 0 Å². The van der Waals surface area contributed by atoms with Gasteiger partial charge in [-0.3, -0.25) is 9.78 Å². The van der Waals surface area contributed by atoms with Gasteiger partial charge in [-0.15, -0.1) is 0 Å². The van der Waals surface area contributed by atoms with E-state index in [1.54, 1.807) is 18.3 Å². The van der Waals surface area contributed by atoms with Gasteiger partial charge in [-0.1, -0.05) is 24.3 Å². The van der Waals surface area contributed by atoms with Crippen molar-refractivity contribution in [2.75, 3.05) is 17.3 Å². The molecule has 25 heavy (non-hydrogen) atoms. The van der Waals surface area contributed by atoms with Gasteiger partial charge in [-0.2, -0.15) is 0 Å². The van der Waals surface area contributed by atoms with Crippen molar-refractivity contribution in [3.05, 3.63) is 66.2 Å². The lowest BCUT2D eigenvalue weighted by Gasteiger charge is -2.24. The number of pyridine rings is 1. The lowest BCUT2D eigenvalue weighted by molar-refractivity contribution is 0.102. The lowest BCUT2D eigenvalue weighted by Crippen LogP contribution is -2.26. The van der Waals surface area contributed by atoms with Crippen molar-refractivity contribution in [2.45, 2.75) is 19.9 Å². The Morgan fingerprint density at radius 1 is 1.16 bits per heavy atom. The van der Waals surface area contributed by atoms with E-state index in [0.29, 0.717) is 17.1 Å². The van der Waals surface area contributed by atoms with Crippen LogP contribution in [0.3, 0.4) is 0 Å². The first-order valence-electron chi connectivity index (χ1n) is 8.15. The quantitative estimate of drug-likeness (QED) is 0.764. The third-order valence-corrected chi connectivity index (χ3v) is 4.25. The molecule has 0 aliphatic rings. The Bertz CT molecular complexity index is 918. The second-order valence-electron chi connectivity index (χ2n) is 6.21. The number of halogens is 1. The molecule has 4 nitrogen and oxygen atoms in total. The Kier molecular flexibility index (Phi) is 4.65. The van der Waals surface area contributed by atoms with Crippen molar-refractivity contribution in [2.24, 2.45) is 0 Å². The fourth-order valence-electron chi connectivity index (χ4n) is 2.64. The molecule has 0 radical (unpaired) electrons. The summed E-state index contributed by atoms with van der Waals surface area (Å²) in [6.45, 7) is 3.97. The molecule has 0 spiro atoms. The van der Waals surface area contributed by atoms with Crippen molar-refractivity contribution >= 4 is 28.1 Å².